The number of hydrogen-bond donors (Lipinski definition) is 2. The van der Waals surface area contributed by atoms with Crippen molar-refractivity contribution < 1.29 is 5.11 Å². The summed E-state index contributed by atoms with van der Waals surface area (Å²) in [5.41, 5.74) is 3.24. The molecule has 2 N–H and O–H groups in total. The van der Waals surface area contributed by atoms with Crippen molar-refractivity contribution in [1.29, 1.82) is 0 Å². The number of aromatic nitrogens is 5. The maximum Gasteiger partial charge on any atom is 0.174 e. The van der Waals surface area contributed by atoms with Crippen LogP contribution in [0.1, 0.15) is 12.2 Å². The monoisotopic (exact) mass is 320 g/mol. The third kappa shape index (κ3) is 2.89. The van der Waals surface area contributed by atoms with Crippen LogP contribution in [0.2, 0.25) is 0 Å². The summed E-state index contributed by atoms with van der Waals surface area (Å²) in [4.78, 5) is 8.33. The maximum atomic E-state index is 10.3. The van der Waals surface area contributed by atoms with Crippen LogP contribution in [0.5, 0.6) is 5.75 Å². The molecule has 2 aromatic heterocycles. The molecule has 0 amide bonds. The second kappa shape index (κ2) is 6.21. The van der Waals surface area contributed by atoms with E-state index in [-0.39, 0.29) is 5.75 Å². The van der Waals surface area contributed by atoms with Crippen molar-refractivity contribution >= 4 is 6.08 Å². The maximum absolute atomic E-state index is 10.3. The second-order valence-corrected chi connectivity index (χ2v) is 5.60. The molecule has 7 nitrogen and oxygen atoms in total. The van der Waals surface area contributed by atoms with Gasteiger partial charge in [-0.2, -0.15) is 0 Å². The minimum Gasteiger partial charge on any atom is -0.507 e. The van der Waals surface area contributed by atoms with Crippen molar-refractivity contribution in [3.63, 3.8) is 0 Å². The van der Waals surface area contributed by atoms with Gasteiger partial charge in [-0.1, -0.05) is 5.57 Å². The summed E-state index contributed by atoms with van der Waals surface area (Å²) in [7, 11) is 0. The lowest BCUT2D eigenvalue weighted by molar-refractivity contribution is 0.476. The van der Waals surface area contributed by atoms with Gasteiger partial charge in [-0.25, -0.2) is 9.97 Å². The molecule has 0 unspecified atom stereocenters. The fourth-order valence-corrected chi connectivity index (χ4v) is 2.67. The Morgan fingerprint density at radius 1 is 1.25 bits per heavy atom. The first-order chi connectivity index (χ1) is 11.8. The van der Waals surface area contributed by atoms with Gasteiger partial charge in [-0.05, 0) is 31.2 Å². The highest BCUT2D eigenvalue weighted by Crippen LogP contribution is 2.29. The average Bonchev–Trinajstić information content (AvgIpc) is 3.29. The van der Waals surface area contributed by atoms with Gasteiger partial charge in [0.25, 0.3) is 0 Å². The van der Waals surface area contributed by atoms with E-state index in [0.29, 0.717) is 17.1 Å². The summed E-state index contributed by atoms with van der Waals surface area (Å²) < 4.78 is 1.82. The number of hydrogen-bond acceptors (Lipinski definition) is 6. The molecule has 0 bridgehead atoms. The highest BCUT2D eigenvalue weighted by atomic mass is 16.3. The van der Waals surface area contributed by atoms with E-state index in [0.717, 1.165) is 25.2 Å². The zero-order chi connectivity index (χ0) is 16.4. The highest BCUT2D eigenvalue weighted by Gasteiger charge is 2.10. The van der Waals surface area contributed by atoms with Gasteiger partial charge in [-0.15, -0.1) is 10.2 Å². The molecule has 3 heterocycles. The molecule has 1 saturated heterocycles. The lowest BCUT2D eigenvalue weighted by Gasteiger charge is -2.07. The number of nitrogens with zero attached hydrogens (tertiary/aromatic N) is 5. The first kappa shape index (κ1) is 14.5. The molecule has 1 fully saturated rings. The Balaban J connectivity index is 1.60. The van der Waals surface area contributed by atoms with E-state index in [9.17, 15) is 5.11 Å². The molecule has 0 spiro atoms. The van der Waals surface area contributed by atoms with E-state index >= 15 is 0 Å². The minimum absolute atomic E-state index is 0.128. The quantitative estimate of drug-likeness (QED) is 0.765. The largest absolute Gasteiger partial charge is 0.507 e. The molecular formula is C17H16N6O. The molecule has 120 valence electrons. The normalized spacial score (nSPS) is 15.9. The highest BCUT2D eigenvalue weighted by molar-refractivity contribution is 5.68. The van der Waals surface area contributed by atoms with Gasteiger partial charge in [0, 0.05) is 30.6 Å². The molecule has 7 heteroatoms. The summed E-state index contributed by atoms with van der Waals surface area (Å²) in [6.45, 7) is 1.87. The Morgan fingerprint density at radius 3 is 2.88 bits per heavy atom. The van der Waals surface area contributed by atoms with Crippen molar-refractivity contribution in [2.75, 3.05) is 13.1 Å². The smallest absolute Gasteiger partial charge is 0.174 e. The van der Waals surface area contributed by atoms with Gasteiger partial charge >= 0.3 is 0 Å². The van der Waals surface area contributed by atoms with Crippen LogP contribution in [0.3, 0.4) is 0 Å². The van der Waals surface area contributed by atoms with E-state index in [4.69, 9.17) is 0 Å². The van der Waals surface area contributed by atoms with Gasteiger partial charge in [0.2, 0.25) is 0 Å². The van der Waals surface area contributed by atoms with Gasteiger partial charge in [0.05, 0.1) is 18.2 Å². The fourth-order valence-electron chi connectivity index (χ4n) is 2.67. The van der Waals surface area contributed by atoms with Crippen LogP contribution >= 0.6 is 0 Å². The molecule has 4 rings (SSSR count). The Kier molecular flexibility index (Phi) is 3.76. The lowest BCUT2D eigenvalue weighted by atomic mass is 10.1. The zero-order valence-electron chi connectivity index (χ0n) is 12.9. The third-order valence-corrected chi connectivity index (χ3v) is 3.95. The molecule has 1 aliphatic heterocycles. The van der Waals surface area contributed by atoms with E-state index in [1.807, 2.05) is 22.9 Å². The van der Waals surface area contributed by atoms with E-state index in [2.05, 4.69) is 25.5 Å². The molecule has 0 saturated carbocycles. The van der Waals surface area contributed by atoms with Crippen molar-refractivity contribution in [1.82, 2.24) is 30.0 Å². The number of phenolic OH excluding ortho intramolecular Hbond substituents is 1. The van der Waals surface area contributed by atoms with E-state index < -0.39 is 0 Å². The molecule has 0 atom stereocenters. The van der Waals surface area contributed by atoms with Crippen molar-refractivity contribution in [3.05, 3.63) is 54.5 Å². The number of rotatable bonds is 3. The SMILES string of the molecule is Oc1cc(-n2ccnc2)ccc1-c1cnc(C=C2CCNC2)nn1. The van der Waals surface area contributed by atoms with Gasteiger partial charge in [0.15, 0.2) is 5.82 Å². The van der Waals surface area contributed by atoms with Gasteiger partial charge in [0.1, 0.15) is 11.4 Å². The Morgan fingerprint density at radius 2 is 2.21 bits per heavy atom. The summed E-state index contributed by atoms with van der Waals surface area (Å²) in [5.74, 6) is 0.718. The van der Waals surface area contributed by atoms with Crippen LogP contribution in [0.15, 0.2) is 48.7 Å². The third-order valence-electron chi connectivity index (χ3n) is 3.95. The summed E-state index contributed by atoms with van der Waals surface area (Å²) in [6, 6.07) is 5.35. The lowest BCUT2D eigenvalue weighted by Crippen LogP contribution is -2.04. The van der Waals surface area contributed by atoms with Crippen LogP contribution in [-0.4, -0.2) is 42.9 Å². The number of benzene rings is 1. The number of aromatic hydroxyl groups is 1. The molecule has 3 aromatic rings. The van der Waals surface area contributed by atoms with Crippen LogP contribution in [-0.2, 0) is 0 Å². The van der Waals surface area contributed by atoms with Crippen molar-refractivity contribution in [3.8, 4) is 22.7 Å². The Hall–Kier alpha value is -3.06. The van der Waals surface area contributed by atoms with Crippen LogP contribution in [0.4, 0.5) is 0 Å². The van der Waals surface area contributed by atoms with Crippen molar-refractivity contribution in [2.24, 2.45) is 0 Å². The zero-order valence-corrected chi connectivity index (χ0v) is 12.9. The van der Waals surface area contributed by atoms with Crippen LogP contribution in [0.25, 0.3) is 23.0 Å². The standard InChI is InChI=1S/C17H16N6O/c24-16-8-13(23-6-5-19-11-23)1-2-14(16)15-10-20-17(22-21-15)7-12-3-4-18-9-12/h1-2,5-8,10-11,18,24H,3-4,9H2. The Labute approximate surface area is 138 Å². The summed E-state index contributed by atoms with van der Waals surface area (Å²) in [6.07, 6.45) is 9.79. The minimum atomic E-state index is 0.128. The average molecular weight is 320 g/mol. The van der Waals surface area contributed by atoms with Crippen molar-refractivity contribution in [2.45, 2.75) is 6.42 Å². The first-order valence-electron chi connectivity index (χ1n) is 7.71. The van der Waals surface area contributed by atoms with Gasteiger partial charge in [-0.3, -0.25) is 0 Å². The van der Waals surface area contributed by atoms with E-state index in [1.165, 1.54) is 5.57 Å². The molecule has 0 aliphatic carbocycles. The van der Waals surface area contributed by atoms with Crippen LogP contribution < -0.4 is 5.32 Å². The fraction of sp³-hybridized carbons (Fsp3) is 0.176. The van der Waals surface area contributed by atoms with Gasteiger partial charge < -0.3 is 15.0 Å². The number of phenols is 1. The first-order valence-corrected chi connectivity index (χ1v) is 7.71. The molecule has 24 heavy (non-hydrogen) atoms. The number of imidazole rings is 1. The second-order valence-electron chi connectivity index (χ2n) is 5.60. The predicted molar refractivity (Wildman–Crippen MR) is 89.5 cm³/mol. The number of nitrogens with one attached hydrogen (secondary N) is 1. The predicted octanol–water partition coefficient (Wildman–Crippen LogP) is 1.81. The molecule has 0 radical (unpaired) electrons. The van der Waals surface area contributed by atoms with Crippen LogP contribution in [0, 0.1) is 0 Å². The molecule has 1 aliphatic rings. The molecular weight excluding hydrogens is 304 g/mol. The summed E-state index contributed by atoms with van der Waals surface area (Å²) >= 11 is 0. The van der Waals surface area contributed by atoms with E-state index in [1.54, 1.807) is 30.9 Å². The topological polar surface area (TPSA) is 88.8 Å². The molecule has 1 aromatic carbocycles. The summed E-state index contributed by atoms with van der Waals surface area (Å²) in [5, 5.41) is 21.9. The Bertz CT molecular complexity index is 863.